The fourth-order valence-electron chi connectivity index (χ4n) is 2.19. The lowest BCUT2D eigenvalue weighted by Crippen LogP contribution is -2.24. The Labute approximate surface area is 105 Å². The van der Waals surface area contributed by atoms with Gasteiger partial charge in [0.25, 0.3) is 0 Å². The number of esters is 1. The van der Waals surface area contributed by atoms with Crippen LogP contribution in [0.15, 0.2) is 0 Å². The first-order valence-corrected chi connectivity index (χ1v) is 6.78. The molecular formula is C12H18N2O2S. The first kappa shape index (κ1) is 12.4. The highest BCUT2D eigenvalue weighted by molar-refractivity contribution is 7.10. The molecule has 2 N–H and O–H groups in total. The Morgan fingerprint density at radius 3 is 2.59 bits per heavy atom. The lowest BCUT2D eigenvalue weighted by Gasteiger charge is -2.25. The molecule has 94 valence electrons. The van der Waals surface area contributed by atoms with Gasteiger partial charge in [0.05, 0.1) is 5.69 Å². The Balaban J connectivity index is 1.98. The van der Waals surface area contributed by atoms with Gasteiger partial charge in [0.15, 0.2) is 0 Å². The van der Waals surface area contributed by atoms with E-state index in [0.717, 1.165) is 43.1 Å². The highest BCUT2D eigenvalue weighted by atomic mass is 32.1. The molecule has 1 aromatic heterocycles. The predicted octanol–water partition coefficient (Wildman–Crippen LogP) is 2.77. The van der Waals surface area contributed by atoms with Crippen LogP contribution in [0.2, 0.25) is 0 Å². The molecule has 0 radical (unpaired) electrons. The average molecular weight is 254 g/mol. The minimum absolute atomic E-state index is 0.0531. The van der Waals surface area contributed by atoms with Gasteiger partial charge in [-0.2, -0.15) is 4.37 Å². The minimum atomic E-state index is -0.312. The number of anilines is 1. The maximum Gasteiger partial charge on any atom is 0.343 e. The van der Waals surface area contributed by atoms with Gasteiger partial charge in [-0.05, 0) is 50.1 Å². The van der Waals surface area contributed by atoms with Crippen LogP contribution in [-0.2, 0) is 4.74 Å². The number of hydrogen-bond acceptors (Lipinski definition) is 5. The van der Waals surface area contributed by atoms with Crippen molar-refractivity contribution in [3.8, 4) is 0 Å². The smallest absolute Gasteiger partial charge is 0.343 e. The summed E-state index contributed by atoms with van der Waals surface area (Å²) in [6.45, 7) is 4.02. The molecule has 0 atom stereocenters. The quantitative estimate of drug-likeness (QED) is 0.824. The van der Waals surface area contributed by atoms with Gasteiger partial charge < -0.3 is 10.5 Å². The number of carbonyl (C=O) groups excluding carboxylic acids is 1. The van der Waals surface area contributed by atoms with Gasteiger partial charge in [0, 0.05) is 0 Å². The van der Waals surface area contributed by atoms with E-state index in [9.17, 15) is 4.79 Å². The number of hydrogen-bond donors (Lipinski definition) is 1. The van der Waals surface area contributed by atoms with Crippen LogP contribution in [0.3, 0.4) is 0 Å². The molecule has 0 amide bonds. The van der Waals surface area contributed by atoms with Crippen molar-refractivity contribution in [2.75, 3.05) is 5.73 Å². The van der Waals surface area contributed by atoms with Crippen LogP contribution in [0.5, 0.6) is 0 Å². The molecule has 1 aliphatic rings. The van der Waals surface area contributed by atoms with Gasteiger partial charge in [0.1, 0.15) is 16.7 Å². The maximum absolute atomic E-state index is 12.0. The molecule has 5 heteroatoms. The van der Waals surface area contributed by atoms with Crippen molar-refractivity contribution in [3.05, 3.63) is 11.3 Å². The van der Waals surface area contributed by atoms with Crippen LogP contribution in [0.1, 0.15) is 48.7 Å². The van der Waals surface area contributed by atoms with E-state index in [1.165, 1.54) is 0 Å². The number of nitrogens with zero attached hydrogens (tertiary/aromatic N) is 1. The molecule has 0 aliphatic heterocycles. The Morgan fingerprint density at radius 1 is 1.41 bits per heavy atom. The lowest BCUT2D eigenvalue weighted by atomic mass is 9.89. The zero-order valence-electron chi connectivity index (χ0n) is 10.2. The Hall–Kier alpha value is -1.10. The van der Waals surface area contributed by atoms with Crippen molar-refractivity contribution in [3.63, 3.8) is 0 Å². The molecule has 0 aromatic carbocycles. The second-order valence-electron chi connectivity index (χ2n) is 4.79. The van der Waals surface area contributed by atoms with Crippen LogP contribution >= 0.6 is 11.5 Å². The van der Waals surface area contributed by atoms with Gasteiger partial charge in [-0.15, -0.1) is 0 Å². The van der Waals surface area contributed by atoms with Crippen LogP contribution in [0.4, 0.5) is 5.00 Å². The molecule has 1 aliphatic carbocycles. The van der Waals surface area contributed by atoms with Crippen molar-refractivity contribution in [1.29, 1.82) is 0 Å². The van der Waals surface area contributed by atoms with E-state index in [2.05, 4.69) is 11.3 Å². The molecule has 1 heterocycles. The highest BCUT2D eigenvalue weighted by Crippen LogP contribution is 2.28. The SMILES string of the molecule is Cc1nsc(N)c1C(=O)OC1CCC(C)CC1. The summed E-state index contributed by atoms with van der Waals surface area (Å²) in [6.07, 6.45) is 4.24. The zero-order chi connectivity index (χ0) is 12.4. The number of nitrogens with two attached hydrogens (primary N) is 1. The zero-order valence-corrected chi connectivity index (χ0v) is 11.0. The second kappa shape index (κ2) is 5.04. The molecule has 0 unspecified atom stereocenters. The lowest BCUT2D eigenvalue weighted by molar-refractivity contribution is 0.0174. The molecule has 4 nitrogen and oxygen atoms in total. The third-order valence-corrected chi connectivity index (χ3v) is 4.10. The molecule has 1 saturated carbocycles. The van der Waals surface area contributed by atoms with Gasteiger partial charge in [-0.1, -0.05) is 6.92 Å². The van der Waals surface area contributed by atoms with Crippen LogP contribution < -0.4 is 5.73 Å². The van der Waals surface area contributed by atoms with Crippen LogP contribution in [0.25, 0.3) is 0 Å². The van der Waals surface area contributed by atoms with Crippen molar-refractivity contribution in [1.82, 2.24) is 4.37 Å². The van der Waals surface area contributed by atoms with Gasteiger partial charge in [0.2, 0.25) is 0 Å². The largest absolute Gasteiger partial charge is 0.459 e. The highest BCUT2D eigenvalue weighted by Gasteiger charge is 2.25. The number of nitrogen functional groups attached to an aromatic ring is 1. The van der Waals surface area contributed by atoms with Crippen molar-refractivity contribution < 1.29 is 9.53 Å². The molecule has 17 heavy (non-hydrogen) atoms. The van der Waals surface area contributed by atoms with E-state index in [4.69, 9.17) is 10.5 Å². The summed E-state index contributed by atoms with van der Waals surface area (Å²) >= 11 is 1.15. The number of ether oxygens (including phenoxy) is 1. The summed E-state index contributed by atoms with van der Waals surface area (Å²) in [6, 6.07) is 0. The Bertz CT molecular complexity index is 389. The first-order chi connectivity index (χ1) is 8.08. The van der Waals surface area contributed by atoms with E-state index < -0.39 is 0 Å². The molecule has 0 saturated heterocycles. The number of aromatic nitrogens is 1. The summed E-state index contributed by atoms with van der Waals surface area (Å²) < 4.78 is 9.55. The number of rotatable bonds is 2. The fourth-order valence-corrected chi connectivity index (χ4v) is 2.84. The Morgan fingerprint density at radius 2 is 2.06 bits per heavy atom. The monoisotopic (exact) mass is 254 g/mol. The third kappa shape index (κ3) is 2.77. The van der Waals surface area contributed by atoms with Crippen LogP contribution in [0, 0.1) is 12.8 Å². The van der Waals surface area contributed by atoms with Crippen molar-refractivity contribution in [2.24, 2.45) is 5.92 Å². The van der Waals surface area contributed by atoms with E-state index in [0.29, 0.717) is 16.3 Å². The standard InChI is InChI=1S/C12H18N2O2S/c1-7-3-5-9(6-4-7)16-12(15)10-8(2)14-17-11(10)13/h7,9H,3-6,13H2,1-2H3. The average Bonchev–Trinajstić information content (AvgIpc) is 2.62. The van der Waals surface area contributed by atoms with E-state index in [1.54, 1.807) is 6.92 Å². The summed E-state index contributed by atoms with van der Waals surface area (Å²) in [7, 11) is 0. The van der Waals surface area contributed by atoms with Gasteiger partial charge in [-0.25, -0.2) is 4.79 Å². The summed E-state index contributed by atoms with van der Waals surface area (Å²) in [4.78, 5) is 12.0. The maximum atomic E-state index is 12.0. The molecule has 0 bridgehead atoms. The van der Waals surface area contributed by atoms with E-state index in [-0.39, 0.29) is 12.1 Å². The number of carbonyl (C=O) groups is 1. The molecule has 0 spiro atoms. The molecular weight excluding hydrogens is 236 g/mol. The topological polar surface area (TPSA) is 65.2 Å². The minimum Gasteiger partial charge on any atom is -0.459 e. The third-order valence-electron chi connectivity index (χ3n) is 3.33. The Kier molecular flexibility index (Phi) is 3.66. The van der Waals surface area contributed by atoms with E-state index >= 15 is 0 Å². The van der Waals surface area contributed by atoms with Crippen LogP contribution in [-0.4, -0.2) is 16.4 Å². The summed E-state index contributed by atoms with van der Waals surface area (Å²) in [5, 5.41) is 0.455. The number of aryl methyl sites for hydroxylation is 1. The van der Waals surface area contributed by atoms with Crippen molar-refractivity contribution >= 4 is 22.5 Å². The van der Waals surface area contributed by atoms with Gasteiger partial charge in [-0.3, -0.25) is 0 Å². The fraction of sp³-hybridized carbons (Fsp3) is 0.667. The summed E-state index contributed by atoms with van der Waals surface area (Å²) in [5.41, 5.74) is 6.85. The van der Waals surface area contributed by atoms with Crippen molar-refractivity contribution in [2.45, 2.75) is 45.6 Å². The van der Waals surface area contributed by atoms with E-state index in [1.807, 2.05) is 0 Å². The first-order valence-electron chi connectivity index (χ1n) is 6.00. The molecule has 1 aromatic rings. The summed E-state index contributed by atoms with van der Waals surface area (Å²) in [5.74, 6) is 0.438. The molecule has 2 rings (SSSR count). The molecule has 1 fully saturated rings. The normalized spacial score (nSPS) is 24.6. The van der Waals surface area contributed by atoms with Gasteiger partial charge >= 0.3 is 5.97 Å². The predicted molar refractivity (Wildman–Crippen MR) is 68.1 cm³/mol. The second-order valence-corrected chi connectivity index (χ2v) is 5.60.